The van der Waals surface area contributed by atoms with E-state index in [1.807, 2.05) is 44.2 Å². The number of benzene rings is 1. The van der Waals surface area contributed by atoms with Crippen molar-refractivity contribution >= 4 is 0 Å². The van der Waals surface area contributed by atoms with Gasteiger partial charge in [0.1, 0.15) is 0 Å². The van der Waals surface area contributed by atoms with E-state index in [2.05, 4.69) is 26.0 Å². The largest absolute Gasteiger partial charge is 0.396 e. The summed E-state index contributed by atoms with van der Waals surface area (Å²) in [5.41, 5.74) is 1.20. The lowest BCUT2D eigenvalue weighted by Crippen LogP contribution is -2.34. The van der Waals surface area contributed by atoms with Gasteiger partial charge in [0.15, 0.2) is 0 Å². The number of methoxy groups -OCH3 is 1. The first-order valence-electron chi connectivity index (χ1n) is 7.13. The van der Waals surface area contributed by atoms with Gasteiger partial charge in [-0.3, -0.25) is 0 Å². The minimum absolute atomic E-state index is 0.0425. The van der Waals surface area contributed by atoms with Gasteiger partial charge in [-0.25, -0.2) is 0 Å². The van der Waals surface area contributed by atoms with Crippen molar-refractivity contribution in [2.24, 2.45) is 5.92 Å². The van der Waals surface area contributed by atoms with Crippen molar-refractivity contribution in [1.82, 2.24) is 0 Å². The molecule has 0 spiro atoms. The molecule has 0 aromatic heterocycles. The Morgan fingerprint density at radius 3 is 2.24 bits per heavy atom. The molecule has 0 aliphatic rings. The van der Waals surface area contributed by atoms with Crippen LogP contribution >= 0.6 is 0 Å². The smallest absolute Gasteiger partial charge is 0.0991 e. The Labute approximate surface area is 127 Å². The molecule has 1 atom stereocenters. The molecule has 0 saturated carbocycles. The first-order chi connectivity index (χ1) is 9.76. The average Bonchev–Trinajstić information content (AvgIpc) is 2.47. The van der Waals surface area contributed by atoms with Crippen molar-refractivity contribution in [3.63, 3.8) is 0 Å². The lowest BCUT2D eigenvalue weighted by Gasteiger charge is -2.31. The fourth-order valence-corrected chi connectivity index (χ4v) is 2.09. The lowest BCUT2D eigenvalue weighted by molar-refractivity contribution is -0.0284. The third-order valence-corrected chi connectivity index (χ3v) is 4.12. The summed E-state index contributed by atoms with van der Waals surface area (Å²) in [5.74, 6) is -0.0693. The van der Waals surface area contributed by atoms with Crippen LogP contribution in [0, 0.1) is 17.2 Å². The summed E-state index contributed by atoms with van der Waals surface area (Å²) in [6, 6.07) is 9.72. The van der Waals surface area contributed by atoms with Crippen LogP contribution in [0.2, 0.25) is 0 Å². The third-order valence-electron chi connectivity index (χ3n) is 4.12. The summed E-state index contributed by atoms with van der Waals surface area (Å²) in [4.78, 5) is 0. The van der Waals surface area contributed by atoms with E-state index < -0.39 is 5.60 Å². The Morgan fingerprint density at radius 2 is 1.81 bits per heavy atom. The van der Waals surface area contributed by atoms with E-state index in [1.54, 1.807) is 7.11 Å². The summed E-state index contributed by atoms with van der Waals surface area (Å²) in [5, 5.41) is 18.4. The molecule has 1 N–H and O–H groups in total. The minimum Gasteiger partial charge on any atom is -0.396 e. The van der Waals surface area contributed by atoms with E-state index >= 15 is 0 Å². The number of nitriles is 1. The van der Waals surface area contributed by atoms with Gasteiger partial charge in [0.2, 0.25) is 0 Å². The minimum atomic E-state index is -0.411. The lowest BCUT2D eigenvalue weighted by atomic mass is 9.81. The summed E-state index contributed by atoms with van der Waals surface area (Å²) in [7, 11) is 1.66. The molecule has 21 heavy (non-hydrogen) atoms. The number of hydrogen-bond acceptors (Lipinski definition) is 3. The number of hydrogen-bond donors (Lipinski definition) is 1. The number of rotatable bonds is 6. The number of allylic oxidation sites excluding steroid dienone is 1. The zero-order chi connectivity index (χ0) is 16.1. The monoisotopic (exact) mass is 287 g/mol. The van der Waals surface area contributed by atoms with E-state index in [-0.39, 0.29) is 17.9 Å². The zero-order valence-corrected chi connectivity index (χ0v) is 13.6. The van der Waals surface area contributed by atoms with Crippen LogP contribution in [0.5, 0.6) is 0 Å². The predicted octanol–water partition coefficient (Wildman–Crippen LogP) is 3.43. The normalized spacial score (nSPS) is 14.1. The topological polar surface area (TPSA) is 53.2 Å². The van der Waals surface area contributed by atoms with Crippen LogP contribution in [-0.4, -0.2) is 24.4 Å². The van der Waals surface area contributed by atoms with E-state index in [4.69, 9.17) is 10.00 Å². The predicted molar refractivity (Wildman–Crippen MR) is 85.0 cm³/mol. The number of ether oxygens (including phenoxy) is 1. The Kier molecular flexibility index (Phi) is 5.71. The molecule has 3 heteroatoms. The van der Waals surface area contributed by atoms with Crippen LogP contribution in [0.25, 0.3) is 0 Å². The molecule has 1 aromatic rings. The highest BCUT2D eigenvalue weighted by Gasteiger charge is 2.27. The molecule has 0 aliphatic carbocycles. The molecule has 0 saturated heterocycles. The maximum absolute atomic E-state index is 9.56. The van der Waals surface area contributed by atoms with Crippen LogP contribution in [0.4, 0.5) is 0 Å². The Balaban J connectivity index is 2.97. The van der Waals surface area contributed by atoms with Gasteiger partial charge in [-0.2, -0.15) is 5.26 Å². The van der Waals surface area contributed by atoms with Crippen molar-refractivity contribution in [1.29, 1.82) is 5.26 Å². The summed E-state index contributed by atoms with van der Waals surface area (Å²) >= 11 is 0. The van der Waals surface area contributed by atoms with Crippen LogP contribution in [0.15, 0.2) is 36.4 Å². The van der Waals surface area contributed by atoms with Crippen molar-refractivity contribution in [2.75, 3.05) is 13.7 Å². The van der Waals surface area contributed by atoms with Gasteiger partial charge in [0, 0.05) is 18.4 Å². The maximum atomic E-state index is 9.56. The number of aliphatic hydroxyl groups excluding tert-OH is 1. The highest BCUT2D eigenvalue weighted by molar-refractivity contribution is 5.36. The molecular formula is C18H25NO2. The molecule has 1 rings (SSSR count). The molecule has 114 valence electrons. The van der Waals surface area contributed by atoms with Crippen LogP contribution in [0.3, 0.4) is 0 Å². The van der Waals surface area contributed by atoms with Gasteiger partial charge < -0.3 is 9.84 Å². The van der Waals surface area contributed by atoms with E-state index in [1.165, 1.54) is 0 Å². The highest BCUT2D eigenvalue weighted by Crippen LogP contribution is 2.28. The van der Waals surface area contributed by atoms with E-state index in [0.29, 0.717) is 5.56 Å². The molecule has 0 aliphatic heterocycles. The molecule has 0 bridgehead atoms. The summed E-state index contributed by atoms with van der Waals surface area (Å²) in [6.45, 7) is 8.19. The average molecular weight is 287 g/mol. The second-order valence-corrected chi connectivity index (χ2v) is 6.37. The second-order valence-electron chi connectivity index (χ2n) is 6.37. The van der Waals surface area contributed by atoms with Crippen molar-refractivity contribution in [3.8, 4) is 6.07 Å². The Morgan fingerprint density at radius 1 is 1.24 bits per heavy atom. The number of aliphatic hydroxyl groups is 1. The van der Waals surface area contributed by atoms with Gasteiger partial charge >= 0.3 is 0 Å². The quantitative estimate of drug-likeness (QED) is 0.816. The number of nitrogens with zero attached hydrogens (tertiary/aromatic N) is 1. The fourth-order valence-electron chi connectivity index (χ4n) is 2.09. The molecule has 1 aromatic carbocycles. The molecule has 0 amide bonds. The molecular weight excluding hydrogens is 262 g/mol. The zero-order valence-electron chi connectivity index (χ0n) is 13.6. The highest BCUT2D eigenvalue weighted by atomic mass is 16.5. The SMILES string of the molecule is COC(C)(C)C(/C=C/C(C)(C)c1ccc(C#N)cc1)CO. The van der Waals surface area contributed by atoms with Gasteiger partial charge in [-0.05, 0) is 31.5 Å². The van der Waals surface area contributed by atoms with E-state index in [9.17, 15) is 5.11 Å². The van der Waals surface area contributed by atoms with Crippen molar-refractivity contribution in [3.05, 3.63) is 47.5 Å². The Hall–Kier alpha value is -1.63. The van der Waals surface area contributed by atoms with Gasteiger partial charge in [-0.1, -0.05) is 38.1 Å². The molecule has 0 fully saturated rings. The van der Waals surface area contributed by atoms with Gasteiger partial charge in [-0.15, -0.1) is 0 Å². The van der Waals surface area contributed by atoms with Crippen LogP contribution in [-0.2, 0) is 10.2 Å². The van der Waals surface area contributed by atoms with Crippen molar-refractivity contribution < 1.29 is 9.84 Å². The second kappa shape index (κ2) is 6.89. The maximum Gasteiger partial charge on any atom is 0.0991 e. The molecule has 0 heterocycles. The van der Waals surface area contributed by atoms with E-state index in [0.717, 1.165) is 5.56 Å². The molecule has 0 radical (unpaired) electrons. The standard InChI is InChI=1S/C18H25NO2/c1-17(2,15-8-6-14(12-19)7-9-15)11-10-16(13-20)18(3,4)21-5/h6-11,16,20H,13H2,1-5H3/b11-10+. The van der Waals surface area contributed by atoms with Crippen LogP contribution < -0.4 is 0 Å². The third kappa shape index (κ3) is 4.42. The summed E-state index contributed by atoms with van der Waals surface area (Å²) < 4.78 is 5.44. The summed E-state index contributed by atoms with van der Waals surface area (Å²) in [6.07, 6.45) is 4.11. The fraction of sp³-hybridized carbons (Fsp3) is 0.500. The Bertz CT molecular complexity index is 521. The first kappa shape index (κ1) is 17.4. The van der Waals surface area contributed by atoms with Crippen LogP contribution in [0.1, 0.15) is 38.8 Å². The van der Waals surface area contributed by atoms with Gasteiger partial charge in [0.05, 0.1) is 23.8 Å². The van der Waals surface area contributed by atoms with Gasteiger partial charge in [0.25, 0.3) is 0 Å². The molecule has 3 nitrogen and oxygen atoms in total. The molecule has 1 unspecified atom stereocenters. The first-order valence-corrected chi connectivity index (χ1v) is 7.13. The van der Waals surface area contributed by atoms with Crippen molar-refractivity contribution in [2.45, 2.75) is 38.7 Å².